The minimum atomic E-state index is -0.978. The van der Waals surface area contributed by atoms with E-state index in [1.807, 2.05) is 50.2 Å². The van der Waals surface area contributed by atoms with Crippen LogP contribution in [0.4, 0.5) is 4.79 Å². The van der Waals surface area contributed by atoms with E-state index >= 15 is 0 Å². The fourth-order valence-electron chi connectivity index (χ4n) is 3.22. The molecule has 0 aromatic heterocycles. The maximum Gasteiger partial charge on any atom is 0.408 e. The van der Waals surface area contributed by atoms with Gasteiger partial charge in [-0.1, -0.05) is 56.3 Å². The van der Waals surface area contributed by atoms with Crippen molar-refractivity contribution in [2.24, 2.45) is 5.92 Å². The number of rotatable bonds is 10. The number of carbonyl (C=O) groups excluding carboxylic acids is 3. The molecule has 0 saturated heterocycles. The van der Waals surface area contributed by atoms with E-state index in [2.05, 4.69) is 10.6 Å². The molecule has 2 rings (SSSR count). The molecular weight excluding hydrogens is 422 g/mol. The van der Waals surface area contributed by atoms with Crippen molar-refractivity contribution in [1.82, 2.24) is 10.6 Å². The Kier molecular flexibility index (Phi) is 9.90. The molecule has 174 valence electrons. The number of hydrogen-bond donors (Lipinski definition) is 2. The third-order valence-corrected chi connectivity index (χ3v) is 4.83. The summed E-state index contributed by atoms with van der Waals surface area (Å²) in [4.78, 5) is 37.6. The van der Waals surface area contributed by atoms with Gasteiger partial charge in [0.15, 0.2) is 0 Å². The monoisotopic (exact) mass is 451 g/mol. The molecule has 0 unspecified atom stereocenters. The zero-order chi connectivity index (χ0) is 24.2. The SMILES string of the molecule is COC(=O)[C@@H](Cc1cccc(C#N)c1)NC(=O)[C@H](CC(C)C)NC(=O)OCc1ccccc1. The van der Waals surface area contributed by atoms with Gasteiger partial charge < -0.3 is 20.1 Å². The molecule has 2 aromatic carbocycles. The molecule has 0 saturated carbocycles. The summed E-state index contributed by atoms with van der Waals surface area (Å²) in [6, 6.07) is 16.1. The van der Waals surface area contributed by atoms with Crippen LogP contribution >= 0.6 is 0 Å². The molecule has 2 atom stereocenters. The van der Waals surface area contributed by atoms with Gasteiger partial charge in [0.1, 0.15) is 18.7 Å². The fourth-order valence-corrected chi connectivity index (χ4v) is 3.22. The minimum Gasteiger partial charge on any atom is -0.467 e. The Balaban J connectivity index is 2.06. The summed E-state index contributed by atoms with van der Waals surface area (Å²) in [6.07, 6.45) is -0.235. The van der Waals surface area contributed by atoms with E-state index in [1.54, 1.807) is 24.3 Å². The molecule has 33 heavy (non-hydrogen) atoms. The second-order valence-electron chi connectivity index (χ2n) is 7.99. The van der Waals surface area contributed by atoms with Crippen LogP contribution in [0.15, 0.2) is 54.6 Å². The van der Waals surface area contributed by atoms with Crippen LogP contribution in [-0.2, 0) is 32.1 Å². The van der Waals surface area contributed by atoms with Crippen LogP contribution in [0.2, 0.25) is 0 Å². The summed E-state index contributed by atoms with van der Waals surface area (Å²) in [5.74, 6) is -1.05. The predicted molar refractivity (Wildman–Crippen MR) is 122 cm³/mol. The average Bonchev–Trinajstić information content (AvgIpc) is 2.81. The minimum absolute atomic E-state index is 0.0721. The van der Waals surface area contributed by atoms with Crippen LogP contribution in [0.5, 0.6) is 0 Å². The smallest absolute Gasteiger partial charge is 0.408 e. The number of methoxy groups -OCH3 is 1. The first-order valence-corrected chi connectivity index (χ1v) is 10.7. The van der Waals surface area contributed by atoms with E-state index in [1.165, 1.54) is 7.11 Å². The second-order valence-corrected chi connectivity index (χ2v) is 7.99. The van der Waals surface area contributed by atoms with Crippen LogP contribution in [0.25, 0.3) is 0 Å². The topological polar surface area (TPSA) is 118 Å². The van der Waals surface area contributed by atoms with Gasteiger partial charge >= 0.3 is 12.1 Å². The quantitative estimate of drug-likeness (QED) is 0.536. The van der Waals surface area contributed by atoms with Gasteiger partial charge in [-0.2, -0.15) is 5.26 Å². The first kappa shape index (κ1) is 25.4. The third-order valence-electron chi connectivity index (χ3n) is 4.83. The summed E-state index contributed by atoms with van der Waals surface area (Å²) in [6.45, 7) is 3.91. The Morgan fingerprint density at radius 2 is 1.67 bits per heavy atom. The first-order valence-electron chi connectivity index (χ1n) is 10.7. The highest BCUT2D eigenvalue weighted by molar-refractivity contribution is 5.89. The van der Waals surface area contributed by atoms with Crippen LogP contribution in [0, 0.1) is 17.2 Å². The van der Waals surface area contributed by atoms with Gasteiger partial charge in [0.2, 0.25) is 5.91 Å². The summed E-state index contributed by atoms with van der Waals surface area (Å²) >= 11 is 0. The zero-order valence-electron chi connectivity index (χ0n) is 19.0. The number of esters is 1. The fraction of sp³-hybridized carbons (Fsp3) is 0.360. The highest BCUT2D eigenvalue weighted by Crippen LogP contribution is 2.11. The molecule has 0 spiro atoms. The molecule has 0 radical (unpaired) electrons. The van der Waals surface area contributed by atoms with Gasteiger partial charge in [0.25, 0.3) is 0 Å². The van der Waals surface area contributed by atoms with Gasteiger partial charge in [0.05, 0.1) is 18.7 Å². The van der Waals surface area contributed by atoms with Crippen LogP contribution in [-0.4, -0.2) is 37.2 Å². The van der Waals surface area contributed by atoms with Crippen molar-refractivity contribution in [1.29, 1.82) is 5.26 Å². The zero-order valence-corrected chi connectivity index (χ0v) is 19.0. The number of ether oxygens (including phenoxy) is 2. The second kappa shape index (κ2) is 12.9. The van der Waals surface area contributed by atoms with Crippen LogP contribution in [0.1, 0.15) is 37.0 Å². The largest absolute Gasteiger partial charge is 0.467 e. The molecule has 0 aliphatic rings. The van der Waals surface area contributed by atoms with E-state index in [9.17, 15) is 14.4 Å². The van der Waals surface area contributed by atoms with Crippen molar-refractivity contribution in [3.8, 4) is 6.07 Å². The Morgan fingerprint density at radius 3 is 2.30 bits per heavy atom. The lowest BCUT2D eigenvalue weighted by Crippen LogP contribution is -2.53. The van der Waals surface area contributed by atoms with Crippen molar-refractivity contribution in [3.05, 3.63) is 71.3 Å². The van der Waals surface area contributed by atoms with Crippen molar-refractivity contribution >= 4 is 18.0 Å². The first-order chi connectivity index (χ1) is 15.8. The van der Waals surface area contributed by atoms with Crippen molar-refractivity contribution in [2.75, 3.05) is 7.11 Å². The van der Waals surface area contributed by atoms with Crippen molar-refractivity contribution < 1.29 is 23.9 Å². The molecule has 8 nitrogen and oxygen atoms in total. The molecule has 0 aliphatic carbocycles. The lowest BCUT2D eigenvalue weighted by Gasteiger charge is -2.23. The summed E-state index contributed by atoms with van der Waals surface area (Å²) in [5, 5.41) is 14.4. The summed E-state index contributed by atoms with van der Waals surface area (Å²) in [5.41, 5.74) is 1.96. The predicted octanol–water partition coefficient (Wildman–Crippen LogP) is 3.10. The molecule has 0 aliphatic heterocycles. The van der Waals surface area contributed by atoms with Crippen molar-refractivity contribution in [2.45, 2.75) is 45.4 Å². The maximum absolute atomic E-state index is 13.0. The lowest BCUT2D eigenvalue weighted by atomic mass is 10.0. The summed E-state index contributed by atoms with van der Waals surface area (Å²) in [7, 11) is 1.23. The van der Waals surface area contributed by atoms with E-state index in [0.29, 0.717) is 17.5 Å². The van der Waals surface area contributed by atoms with E-state index in [4.69, 9.17) is 14.7 Å². The molecule has 2 amide bonds. The van der Waals surface area contributed by atoms with Crippen LogP contribution < -0.4 is 10.6 Å². The van der Waals surface area contributed by atoms with E-state index in [0.717, 1.165) is 5.56 Å². The van der Waals surface area contributed by atoms with Gasteiger partial charge in [-0.15, -0.1) is 0 Å². The Bertz CT molecular complexity index is 985. The number of hydrogen-bond acceptors (Lipinski definition) is 6. The molecule has 2 aromatic rings. The van der Waals surface area contributed by atoms with E-state index in [-0.39, 0.29) is 18.9 Å². The molecule has 0 bridgehead atoms. The van der Waals surface area contributed by atoms with Crippen LogP contribution in [0.3, 0.4) is 0 Å². The highest BCUT2D eigenvalue weighted by atomic mass is 16.5. The van der Waals surface area contributed by atoms with Gasteiger partial charge in [0, 0.05) is 6.42 Å². The highest BCUT2D eigenvalue weighted by Gasteiger charge is 2.28. The number of nitrogens with one attached hydrogen (secondary N) is 2. The van der Waals surface area contributed by atoms with Gasteiger partial charge in [-0.3, -0.25) is 4.79 Å². The average molecular weight is 452 g/mol. The number of alkyl carbamates (subject to hydrolysis) is 1. The van der Waals surface area contributed by atoms with Crippen molar-refractivity contribution in [3.63, 3.8) is 0 Å². The van der Waals surface area contributed by atoms with E-state index < -0.39 is 30.1 Å². The number of nitrogens with zero attached hydrogens (tertiary/aromatic N) is 1. The number of nitriles is 1. The van der Waals surface area contributed by atoms with Gasteiger partial charge in [-0.05, 0) is 35.6 Å². The lowest BCUT2D eigenvalue weighted by molar-refractivity contribution is -0.145. The Morgan fingerprint density at radius 1 is 0.970 bits per heavy atom. The molecule has 0 heterocycles. The third kappa shape index (κ3) is 8.65. The molecule has 2 N–H and O–H groups in total. The van der Waals surface area contributed by atoms with Gasteiger partial charge in [-0.25, -0.2) is 9.59 Å². The summed E-state index contributed by atoms with van der Waals surface area (Å²) < 4.78 is 10.1. The Hall–Kier alpha value is -3.86. The number of carbonyl (C=O) groups is 3. The molecule has 0 fully saturated rings. The molecule has 8 heteroatoms. The normalized spacial score (nSPS) is 12.2. The molecular formula is C25H29N3O5. The maximum atomic E-state index is 13.0. The standard InChI is InChI=1S/C25H29N3O5/c1-17(2)12-21(28-25(31)33-16-18-8-5-4-6-9-18)23(29)27-22(24(30)32-3)14-19-10-7-11-20(13-19)15-26/h4-11,13,17,21-22H,12,14,16H2,1-3H3,(H,27,29)(H,28,31)/t21-,22+/m0/s1. The number of amides is 2. The number of benzene rings is 2. The Labute approximate surface area is 193 Å².